The van der Waals surface area contributed by atoms with Gasteiger partial charge in [-0.25, -0.2) is 0 Å². The van der Waals surface area contributed by atoms with Gasteiger partial charge < -0.3 is 16.0 Å². The number of anilines is 2. The van der Waals surface area contributed by atoms with E-state index in [-0.39, 0.29) is 5.91 Å². The van der Waals surface area contributed by atoms with Crippen LogP contribution in [0.15, 0.2) is 24.3 Å². The Balaban J connectivity index is 2.19. The number of hydrogen-bond donors (Lipinski definition) is 2. The molecule has 0 aliphatic carbocycles. The molecule has 1 saturated heterocycles. The first-order chi connectivity index (χ1) is 9.60. The van der Waals surface area contributed by atoms with Crippen LogP contribution in [-0.2, 0) is 4.79 Å². The number of carbonyl (C=O) groups excluding carboxylic acids is 1. The molecule has 4 nitrogen and oxygen atoms in total. The molecule has 20 heavy (non-hydrogen) atoms. The van der Waals surface area contributed by atoms with Gasteiger partial charge in [0, 0.05) is 13.1 Å². The molecule has 1 aliphatic heterocycles. The first-order valence-electron chi connectivity index (χ1n) is 7.55. The van der Waals surface area contributed by atoms with E-state index in [0.29, 0.717) is 12.8 Å². The highest BCUT2D eigenvalue weighted by Crippen LogP contribution is 2.29. The lowest BCUT2D eigenvalue weighted by molar-refractivity contribution is -0.121. The lowest BCUT2D eigenvalue weighted by atomic mass is 9.93. The van der Waals surface area contributed by atoms with Gasteiger partial charge in [0.2, 0.25) is 5.91 Å². The largest absolute Gasteiger partial charge is 0.370 e. The fraction of sp³-hybridized carbons (Fsp3) is 0.562. The van der Waals surface area contributed by atoms with E-state index in [1.807, 2.05) is 32.0 Å². The van der Waals surface area contributed by atoms with Crippen LogP contribution in [0, 0.1) is 0 Å². The maximum atomic E-state index is 12.4. The summed E-state index contributed by atoms with van der Waals surface area (Å²) in [5.74, 6) is -0.0888. The summed E-state index contributed by atoms with van der Waals surface area (Å²) in [5.41, 5.74) is 7.36. The molecule has 1 amide bonds. The third kappa shape index (κ3) is 2.96. The number of benzene rings is 1. The minimum Gasteiger partial charge on any atom is -0.370 e. The second-order valence-electron chi connectivity index (χ2n) is 5.53. The molecule has 1 fully saturated rings. The summed E-state index contributed by atoms with van der Waals surface area (Å²) in [6.45, 7) is 6.02. The van der Waals surface area contributed by atoms with Crippen LogP contribution in [0.4, 0.5) is 11.4 Å². The van der Waals surface area contributed by atoms with Crippen molar-refractivity contribution in [3.63, 3.8) is 0 Å². The Morgan fingerprint density at radius 3 is 2.45 bits per heavy atom. The van der Waals surface area contributed by atoms with Crippen molar-refractivity contribution in [1.82, 2.24) is 0 Å². The average molecular weight is 275 g/mol. The number of nitrogens with two attached hydrogens (primary N) is 1. The van der Waals surface area contributed by atoms with E-state index >= 15 is 0 Å². The third-order valence-corrected chi connectivity index (χ3v) is 4.31. The number of hydrogen-bond acceptors (Lipinski definition) is 3. The Hall–Kier alpha value is -1.55. The fourth-order valence-electron chi connectivity index (χ4n) is 2.63. The number of para-hydroxylation sites is 2. The minimum absolute atomic E-state index is 0.0888. The van der Waals surface area contributed by atoms with Crippen molar-refractivity contribution in [2.24, 2.45) is 5.73 Å². The zero-order valence-electron chi connectivity index (χ0n) is 12.5. The van der Waals surface area contributed by atoms with Crippen LogP contribution in [0.2, 0.25) is 0 Å². The Morgan fingerprint density at radius 1 is 1.25 bits per heavy atom. The summed E-state index contributed by atoms with van der Waals surface area (Å²) in [5, 5.41) is 3.02. The van der Waals surface area contributed by atoms with Gasteiger partial charge in [-0.05, 0) is 37.8 Å². The molecule has 0 unspecified atom stereocenters. The van der Waals surface area contributed by atoms with Crippen molar-refractivity contribution in [2.75, 3.05) is 23.3 Å². The molecule has 1 aliphatic rings. The summed E-state index contributed by atoms with van der Waals surface area (Å²) in [7, 11) is 0. The van der Waals surface area contributed by atoms with E-state index < -0.39 is 5.54 Å². The molecule has 0 bridgehead atoms. The normalized spacial score (nSPS) is 15.4. The summed E-state index contributed by atoms with van der Waals surface area (Å²) >= 11 is 0. The quantitative estimate of drug-likeness (QED) is 0.868. The van der Waals surface area contributed by atoms with Crippen LogP contribution < -0.4 is 16.0 Å². The highest BCUT2D eigenvalue weighted by atomic mass is 16.2. The number of carbonyl (C=O) groups is 1. The summed E-state index contributed by atoms with van der Waals surface area (Å²) < 4.78 is 0. The van der Waals surface area contributed by atoms with Gasteiger partial charge in [-0.1, -0.05) is 26.0 Å². The van der Waals surface area contributed by atoms with E-state index in [9.17, 15) is 4.79 Å². The van der Waals surface area contributed by atoms with Gasteiger partial charge in [0.05, 0.1) is 16.9 Å². The van der Waals surface area contributed by atoms with E-state index in [0.717, 1.165) is 24.5 Å². The van der Waals surface area contributed by atoms with Gasteiger partial charge in [-0.3, -0.25) is 4.79 Å². The molecule has 3 N–H and O–H groups in total. The molecule has 1 aromatic rings. The number of nitrogens with zero attached hydrogens (tertiary/aromatic N) is 1. The molecular formula is C16H25N3O. The monoisotopic (exact) mass is 275 g/mol. The Kier molecular flexibility index (Phi) is 4.65. The lowest BCUT2D eigenvalue weighted by Crippen LogP contribution is -2.50. The van der Waals surface area contributed by atoms with Gasteiger partial charge in [0.25, 0.3) is 0 Å². The minimum atomic E-state index is -0.780. The molecule has 0 atom stereocenters. The zero-order chi connectivity index (χ0) is 14.6. The summed E-state index contributed by atoms with van der Waals surface area (Å²) in [4.78, 5) is 14.7. The van der Waals surface area contributed by atoms with Gasteiger partial charge in [-0.15, -0.1) is 0 Å². The SMILES string of the molecule is CCC(N)(CC)C(=O)Nc1ccccc1N1CCCC1. The van der Waals surface area contributed by atoms with Crippen molar-refractivity contribution in [3.05, 3.63) is 24.3 Å². The molecule has 2 rings (SSSR count). The van der Waals surface area contributed by atoms with Crippen molar-refractivity contribution in [3.8, 4) is 0 Å². The van der Waals surface area contributed by atoms with E-state index in [2.05, 4.69) is 16.3 Å². The number of amides is 1. The van der Waals surface area contributed by atoms with Crippen LogP contribution in [0.3, 0.4) is 0 Å². The van der Waals surface area contributed by atoms with Crippen LogP contribution in [0.5, 0.6) is 0 Å². The molecular weight excluding hydrogens is 250 g/mol. The van der Waals surface area contributed by atoms with Crippen molar-refractivity contribution in [2.45, 2.75) is 45.1 Å². The summed E-state index contributed by atoms with van der Waals surface area (Å²) in [6.07, 6.45) is 3.71. The van der Waals surface area contributed by atoms with Gasteiger partial charge in [0.15, 0.2) is 0 Å². The highest BCUT2D eigenvalue weighted by Gasteiger charge is 2.30. The predicted molar refractivity (Wildman–Crippen MR) is 84.0 cm³/mol. The number of nitrogens with one attached hydrogen (secondary N) is 1. The lowest BCUT2D eigenvalue weighted by Gasteiger charge is -2.27. The van der Waals surface area contributed by atoms with Crippen LogP contribution in [0.1, 0.15) is 39.5 Å². The van der Waals surface area contributed by atoms with Gasteiger partial charge >= 0.3 is 0 Å². The first-order valence-corrected chi connectivity index (χ1v) is 7.55. The molecule has 1 aromatic carbocycles. The van der Waals surface area contributed by atoms with Gasteiger partial charge in [-0.2, -0.15) is 0 Å². The van der Waals surface area contributed by atoms with Gasteiger partial charge in [0.1, 0.15) is 0 Å². The molecule has 4 heteroatoms. The molecule has 0 saturated carbocycles. The second kappa shape index (κ2) is 6.27. The second-order valence-corrected chi connectivity index (χ2v) is 5.53. The van der Waals surface area contributed by atoms with Crippen molar-refractivity contribution >= 4 is 17.3 Å². The molecule has 110 valence electrons. The molecule has 0 aromatic heterocycles. The fourth-order valence-corrected chi connectivity index (χ4v) is 2.63. The first kappa shape index (κ1) is 14.9. The van der Waals surface area contributed by atoms with Crippen LogP contribution in [0.25, 0.3) is 0 Å². The number of rotatable bonds is 5. The zero-order valence-corrected chi connectivity index (χ0v) is 12.5. The maximum absolute atomic E-state index is 12.4. The topological polar surface area (TPSA) is 58.4 Å². The summed E-state index contributed by atoms with van der Waals surface area (Å²) in [6, 6.07) is 7.98. The Labute approximate surface area is 121 Å². The smallest absolute Gasteiger partial charge is 0.244 e. The van der Waals surface area contributed by atoms with Crippen molar-refractivity contribution in [1.29, 1.82) is 0 Å². The van der Waals surface area contributed by atoms with E-state index in [1.54, 1.807) is 0 Å². The highest BCUT2D eigenvalue weighted by molar-refractivity contribution is 6.00. The third-order valence-electron chi connectivity index (χ3n) is 4.31. The van der Waals surface area contributed by atoms with E-state index in [1.165, 1.54) is 12.8 Å². The molecule has 1 heterocycles. The Morgan fingerprint density at radius 2 is 1.85 bits per heavy atom. The molecule has 0 spiro atoms. The molecule has 0 radical (unpaired) electrons. The van der Waals surface area contributed by atoms with E-state index in [4.69, 9.17) is 5.73 Å². The van der Waals surface area contributed by atoms with Crippen LogP contribution in [-0.4, -0.2) is 24.5 Å². The average Bonchev–Trinajstić information content (AvgIpc) is 3.01. The predicted octanol–water partition coefficient (Wildman–Crippen LogP) is 2.74. The van der Waals surface area contributed by atoms with Crippen molar-refractivity contribution < 1.29 is 4.79 Å². The van der Waals surface area contributed by atoms with Crippen LogP contribution >= 0.6 is 0 Å². The maximum Gasteiger partial charge on any atom is 0.244 e. The Bertz CT molecular complexity index is 463. The standard InChI is InChI=1S/C16H25N3O/c1-3-16(17,4-2)15(20)18-13-9-5-6-10-14(13)19-11-7-8-12-19/h5-6,9-10H,3-4,7-8,11-12,17H2,1-2H3,(H,18,20).